The molecule has 0 atom stereocenters. The highest BCUT2D eigenvalue weighted by molar-refractivity contribution is 7.53. The van der Waals surface area contributed by atoms with E-state index >= 15 is 0 Å². The zero-order valence-electron chi connectivity index (χ0n) is 8.34. The van der Waals surface area contributed by atoms with Crippen molar-refractivity contribution < 1.29 is 19.1 Å². The summed E-state index contributed by atoms with van der Waals surface area (Å²) in [7, 11) is -5.17. The molecule has 0 aliphatic carbocycles. The maximum Gasteiger partial charge on any atom is 0.229 e. The average molecular weight is 274 g/mol. The van der Waals surface area contributed by atoms with Crippen molar-refractivity contribution in [3.63, 3.8) is 0 Å². The maximum atomic E-state index is 11.4. The summed E-state index contributed by atoms with van der Waals surface area (Å²) in [5, 5.41) is 1.89. The summed E-state index contributed by atoms with van der Waals surface area (Å²) in [5.74, 6) is -0.664. The molecule has 0 rings (SSSR count). The summed E-state index contributed by atoms with van der Waals surface area (Å²) < 4.78 is 9.89. The Morgan fingerprint density at radius 1 is 1.27 bits per heavy atom. The fourth-order valence-electron chi connectivity index (χ4n) is 0.514. The van der Waals surface area contributed by atoms with Gasteiger partial charge in [-0.3, -0.25) is 4.79 Å². The van der Waals surface area contributed by atoms with Gasteiger partial charge in [0.05, 0.1) is 5.44 Å². The molecule has 1 N–H and O–H groups in total. The van der Waals surface area contributed by atoms with E-state index in [2.05, 4.69) is 0 Å². The molecule has 0 radical (unpaired) electrons. The Balaban J connectivity index is 5.02. The van der Waals surface area contributed by atoms with Crippen LogP contribution in [-0.4, -0.2) is 5.91 Å². The Morgan fingerprint density at radius 2 is 1.67 bits per heavy atom. The van der Waals surface area contributed by atoms with Crippen molar-refractivity contribution in [2.45, 2.75) is 20.8 Å². The summed E-state index contributed by atoms with van der Waals surface area (Å²) >= 11 is 10.4. The van der Waals surface area contributed by atoms with Gasteiger partial charge in [-0.25, -0.2) is 0 Å². The summed E-state index contributed by atoms with van der Waals surface area (Å²) in [6, 6.07) is 0. The van der Waals surface area contributed by atoms with Gasteiger partial charge in [-0.2, -0.15) is 0 Å². The van der Waals surface area contributed by atoms with Gasteiger partial charge in [0.25, 0.3) is 0 Å². The second-order valence-corrected chi connectivity index (χ2v) is 6.20. The van der Waals surface area contributed by atoms with E-state index in [1.165, 1.54) is 0 Å². The Labute approximate surface area is 97.6 Å². The molecule has 0 aromatic carbocycles. The summed E-state index contributed by atoms with van der Waals surface area (Å²) in [4.78, 5) is 32.7. The predicted molar refractivity (Wildman–Crippen MR) is 53.9 cm³/mol. The molecule has 0 unspecified atom stereocenters. The SMILES string of the molecule is CC(C)(C)C(=O)NC(=C(Cl)Cl)P(=O)([O-])[O-]. The van der Waals surface area contributed by atoms with Gasteiger partial charge >= 0.3 is 0 Å². The summed E-state index contributed by atoms with van der Waals surface area (Å²) in [5.41, 5.74) is -1.85. The Morgan fingerprint density at radius 3 is 1.87 bits per heavy atom. The number of hydrogen-bond acceptors (Lipinski definition) is 4. The molecule has 5 nitrogen and oxygen atoms in total. The van der Waals surface area contributed by atoms with Crippen LogP contribution >= 0.6 is 30.8 Å². The van der Waals surface area contributed by atoms with E-state index in [4.69, 9.17) is 23.2 Å². The van der Waals surface area contributed by atoms with Crippen LogP contribution in [-0.2, 0) is 9.36 Å². The standard InChI is InChI=1S/C7H12Cl2NO4P/c1-7(2,3)6(11)10-5(4(8)9)15(12,13)14/h1-3H3,(H,10,11)(H2,12,13,14)/p-2. The van der Waals surface area contributed by atoms with E-state index in [0.29, 0.717) is 0 Å². The van der Waals surface area contributed by atoms with Crippen molar-refractivity contribution >= 4 is 36.7 Å². The number of nitrogens with one attached hydrogen (secondary N) is 1. The van der Waals surface area contributed by atoms with Crippen LogP contribution in [0.5, 0.6) is 0 Å². The number of rotatable bonds is 2. The van der Waals surface area contributed by atoms with Gasteiger partial charge in [-0.1, -0.05) is 44.0 Å². The fraction of sp³-hybridized carbons (Fsp3) is 0.571. The molecule has 0 aromatic heterocycles. The van der Waals surface area contributed by atoms with E-state index in [1.54, 1.807) is 20.8 Å². The third-order valence-electron chi connectivity index (χ3n) is 1.37. The molecule has 0 heterocycles. The Hall–Kier alpha value is -0.0600. The molecule has 8 heteroatoms. The molecule has 0 spiro atoms. The van der Waals surface area contributed by atoms with Crippen molar-refractivity contribution in [2.75, 3.05) is 0 Å². The maximum absolute atomic E-state index is 11.4. The number of carbonyl (C=O) groups excluding carboxylic acids is 1. The fourth-order valence-corrected chi connectivity index (χ4v) is 1.68. The molecular weight excluding hydrogens is 264 g/mol. The predicted octanol–water partition coefficient (Wildman–Crippen LogP) is 0.667. The molecule has 0 bridgehead atoms. The third kappa shape index (κ3) is 5.00. The Bertz CT molecular complexity index is 337. The minimum Gasteiger partial charge on any atom is -0.806 e. The van der Waals surface area contributed by atoms with Gasteiger partial charge in [0.15, 0.2) is 0 Å². The van der Waals surface area contributed by atoms with Gasteiger partial charge < -0.3 is 19.7 Å². The molecule has 0 aliphatic heterocycles. The van der Waals surface area contributed by atoms with Crippen molar-refractivity contribution in [3.8, 4) is 0 Å². The van der Waals surface area contributed by atoms with Gasteiger partial charge in [-0.15, -0.1) is 0 Å². The second-order valence-electron chi connectivity index (χ2n) is 3.81. The van der Waals surface area contributed by atoms with Crippen LogP contribution in [0.2, 0.25) is 0 Å². The normalized spacial score (nSPS) is 12.2. The average Bonchev–Trinajstić information content (AvgIpc) is 1.94. The topological polar surface area (TPSA) is 92.3 Å². The smallest absolute Gasteiger partial charge is 0.229 e. The lowest BCUT2D eigenvalue weighted by atomic mass is 9.96. The van der Waals surface area contributed by atoms with E-state index in [0.717, 1.165) is 0 Å². The highest BCUT2D eigenvalue weighted by Gasteiger charge is 2.23. The van der Waals surface area contributed by atoms with Crippen molar-refractivity contribution in [1.82, 2.24) is 5.32 Å². The number of carbonyl (C=O) groups is 1. The molecule has 88 valence electrons. The van der Waals surface area contributed by atoms with Gasteiger partial charge in [0, 0.05) is 5.41 Å². The van der Waals surface area contributed by atoms with Crippen molar-refractivity contribution in [3.05, 3.63) is 9.93 Å². The second kappa shape index (κ2) is 4.85. The van der Waals surface area contributed by atoms with Crippen LogP contribution in [0.15, 0.2) is 9.93 Å². The third-order valence-corrected chi connectivity index (χ3v) is 2.89. The van der Waals surface area contributed by atoms with Crippen LogP contribution < -0.4 is 15.1 Å². The van der Waals surface area contributed by atoms with Gasteiger partial charge in [-0.05, 0) is 7.60 Å². The van der Waals surface area contributed by atoms with E-state index in [-0.39, 0.29) is 0 Å². The largest absolute Gasteiger partial charge is 0.806 e. The number of halogens is 2. The van der Waals surface area contributed by atoms with Crippen molar-refractivity contribution in [2.24, 2.45) is 5.41 Å². The van der Waals surface area contributed by atoms with Crippen LogP contribution in [0.25, 0.3) is 0 Å². The van der Waals surface area contributed by atoms with E-state index in [1.807, 2.05) is 5.32 Å². The van der Waals surface area contributed by atoms with Gasteiger partial charge in [0.1, 0.15) is 4.49 Å². The minimum absolute atomic E-state index is 0.664. The molecule has 0 saturated carbocycles. The lowest BCUT2D eigenvalue weighted by molar-refractivity contribution is -0.310. The number of amides is 1. The monoisotopic (exact) mass is 273 g/mol. The molecule has 0 aromatic rings. The first kappa shape index (κ1) is 14.9. The first-order valence-corrected chi connectivity index (χ1v) is 6.15. The highest BCUT2D eigenvalue weighted by atomic mass is 35.5. The zero-order valence-corrected chi connectivity index (χ0v) is 10.7. The Kier molecular flexibility index (Phi) is 4.83. The zero-order chi connectivity index (χ0) is 12.4. The van der Waals surface area contributed by atoms with Crippen LogP contribution in [0.4, 0.5) is 0 Å². The molecular formula is C7H10Cl2NO4P-2. The van der Waals surface area contributed by atoms with Gasteiger partial charge in [0.2, 0.25) is 5.91 Å². The van der Waals surface area contributed by atoms with Crippen LogP contribution in [0.3, 0.4) is 0 Å². The minimum atomic E-state index is -5.17. The van der Waals surface area contributed by atoms with E-state index in [9.17, 15) is 19.1 Å². The lowest BCUT2D eigenvalue weighted by Crippen LogP contribution is -2.37. The summed E-state index contributed by atoms with van der Waals surface area (Å²) in [6.07, 6.45) is 0. The van der Waals surface area contributed by atoms with Crippen LogP contribution in [0.1, 0.15) is 20.8 Å². The lowest BCUT2D eigenvalue weighted by Gasteiger charge is -2.33. The molecule has 15 heavy (non-hydrogen) atoms. The first-order valence-electron chi connectivity index (χ1n) is 3.85. The van der Waals surface area contributed by atoms with E-state index < -0.39 is 28.8 Å². The number of hydrogen-bond donors (Lipinski definition) is 1. The quantitative estimate of drug-likeness (QED) is 0.749. The molecule has 0 aliphatic rings. The molecule has 0 fully saturated rings. The molecule has 1 amide bonds. The first-order chi connectivity index (χ1) is 6.46. The summed E-state index contributed by atoms with van der Waals surface area (Å²) in [6.45, 7) is 4.63. The van der Waals surface area contributed by atoms with Crippen LogP contribution in [0, 0.1) is 5.41 Å². The highest BCUT2D eigenvalue weighted by Crippen LogP contribution is 2.38. The van der Waals surface area contributed by atoms with Crippen molar-refractivity contribution in [1.29, 1.82) is 0 Å². The molecule has 0 saturated heterocycles.